The summed E-state index contributed by atoms with van der Waals surface area (Å²) in [5, 5.41) is 15.0. The first-order chi connectivity index (χ1) is 14.1. The number of nitrogens with zero attached hydrogens (tertiary/aromatic N) is 1. The van der Waals surface area contributed by atoms with E-state index in [0.29, 0.717) is 12.1 Å². The molecular formula is C18H10F3N3O6. The van der Waals surface area contributed by atoms with Crippen molar-refractivity contribution < 1.29 is 37.2 Å². The number of carbonyl (C=O) groups is 3. The Balaban J connectivity index is 2.01. The summed E-state index contributed by atoms with van der Waals surface area (Å²) in [7, 11) is 0. The minimum Gasteiger partial charge on any atom is -0.449 e. The number of imide groups is 2. The van der Waals surface area contributed by atoms with Crippen molar-refractivity contribution in [2.75, 3.05) is 0 Å². The van der Waals surface area contributed by atoms with Gasteiger partial charge in [0.15, 0.2) is 0 Å². The summed E-state index contributed by atoms with van der Waals surface area (Å²) >= 11 is 0. The largest absolute Gasteiger partial charge is 0.449 e. The number of nitro groups is 1. The maximum atomic E-state index is 12.8. The number of urea groups is 1. The highest BCUT2D eigenvalue weighted by Gasteiger charge is 2.33. The molecule has 9 nitrogen and oxygen atoms in total. The van der Waals surface area contributed by atoms with Crippen LogP contribution in [-0.2, 0) is 15.8 Å². The van der Waals surface area contributed by atoms with E-state index in [2.05, 4.69) is 0 Å². The fourth-order valence-electron chi connectivity index (χ4n) is 2.50. The molecule has 0 spiro atoms. The molecule has 0 aliphatic carbocycles. The molecule has 4 amide bonds. The number of carbonyl (C=O) groups excluding carboxylic acids is 3. The van der Waals surface area contributed by atoms with Gasteiger partial charge in [-0.25, -0.2) is 4.79 Å². The van der Waals surface area contributed by atoms with E-state index < -0.39 is 51.5 Å². The van der Waals surface area contributed by atoms with Gasteiger partial charge in [0.2, 0.25) is 5.75 Å². The van der Waals surface area contributed by atoms with Crippen molar-refractivity contribution in [2.45, 2.75) is 6.18 Å². The predicted octanol–water partition coefficient (Wildman–Crippen LogP) is 3.16. The predicted molar refractivity (Wildman–Crippen MR) is 94.3 cm³/mol. The van der Waals surface area contributed by atoms with Gasteiger partial charge in [0.1, 0.15) is 11.3 Å². The quantitative estimate of drug-likeness (QED) is 0.338. The molecule has 0 saturated carbocycles. The highest BCUT2D eigenvalue weighted by molar-refractivity contribution is 6.31. The average molecular weight is 421 g/mol. The second kappa shape index (κ2) is 7.66. The summed E-state index contributed by atoms with van der Waals surface area (Å²) in [6.45, 7) is 0. The zero-order valence-corrected chi connectivity index (χ0v) is 14.6. The van der Waals surface area contributed by atoms with Gasteiger partial charge in [-0.05, 0) is 24.3 Å². The lowest BCUT2D eigenvalue weighted by Gasteiger charge is -2.15. The molecule has 1 heterocycles. The Bertz CT molecular complexity index is 1090. The molecular weight excluding hydrogens is 411 g/mol. The number of hydrogen-bond acceptors (Lipinski definition) is 6. The number of para-hydroxylation sites is 1. The van der Waals surface area contributed by atoms with E-state index in [1.54, 1.807) is 0 Å². The van der Waals surface area contributed by atoms with E-state index in [-0.39, 0.29) is 11.3 Å². The number of hydrogen-bond donors (Lipinski definition) is 2. The molecule has 1 aliphatic heterocycles. The average Bonchev–Trinajstić information content (AvgIpc) is 2.65. The number of nitro benzene ring substituents is 1. The maximum absolute atomic E-state index is 12.8. The van der Waals surface area contributed by atoms with Crippen LogP contribution in [0.5, 0.6) is 11.5 Å². The molecule has 0 bridgehead atoms. The van der Waals surface area contributed by atoms with Crippen LogP contribution in [0.15, 0.2) is 48.0 Å². The summed E-state index contributed by atoms with van der Waals surface area (Å²) in [6.07, 6.45) is -3.72. The molecule has 0 aromatic heterocycles. The lowest BCUT2D eigenvalue weighted by atomic mass is 10.1. The van der Waals surface area contributed by atoms with Crippen LogP contribution in [0.4, 0.5) is 23.7 Å². The van der Waals surface area contributed by atoms with Crippen LogP contribution in [0.25, 0.3) is 6.08 Å². The second-order valence-corrected chi connectivity index (χ2v) is 5.87. The molecule has 2 N–H and O–H groups in total. The van der Waals surface area contributed by atoms with Crippen LogP contribution in [0, 0.1) is 10.1 Å². The Morgan fingerprint density at radius 1 is 0.967 bits per heavy atom. The third kappa shape index (κ3) is 4.27. The summed E-state index contributed by atoms with van der Waals surface area (Å²) in [6, 6.07) is 6.46. The molecule has 12 heteroatoms. The Morgan fingerprint density at radius 3 is 2.20 bits per heavy atom. The Hall–Kier alpha value is -4.22. The smallest absolute Gasteiger partial charge is 0.416 e. The first kappa shape index (κ1) is 20.5. The van der Waals surface area contributed by atoms with Gasteiger partial charge >= 0.3 is 17.9 Å². The standard InChI is InChI=1S/C18H10F3N3O6/c19-18(20,21)10-5-6-14(12(8-10)24(28)29)30-13-4-2-1-3-9(13)7-11-15(25)22-17(27)23-16(11)26/h1-8H,(H2,22,23,25,26,27). The van der Waals surface area contributed by atoms with Gasteiger partial charge in [-0.1, -0.05) is 18.2 Å². The number of halogens is 3. The van der Waals surface area contributed by atoms with Crippen molar-refractivity contribution in [2.24, 2.45) is 0 Å². The fourth-order valence-corrected chi connectivity index (χ4v) is 2.50. The molecule has 1 saturated heterocycles. The van der Waals surface area contributed by atoms with Crippen LogP contribution >= 0.6 is 0 Å². The number of nitrogens with one attached hydrogen (secondary N) is 2. The van der Waals surface area contributed by atoms with E-state index >= 15 is 0 Å². The number of barbiturate groups is 1. The highest BCUT2D eigenvalue weighted by atomic mass is 19.4. The SMILES string of the molecule is O=C1NC(=O)C(=Cc2ccccc2Oc2ccc(C(F)(F)F)cc2[N+](=O)[O-])C(=O)N1. The van der Waals surface area contributed by atoms with E-state index in [1.165, 1.54) is 24.3 Å². The van der Waals surface area contributed by atoms with Crippen LogP contribution in [0.1, 0.15) is 11.1 Å². The normalized spacial score (nSPS) is 14.1. The highest BCUT2D eigenvalue weighted by Crippen LogP contribution is 2.38. The second-order valence-electron chi connectivity index (χ2n) is 5.87. The van der Waals surface area contributed by atoms with Crippen LogP contribution in [0.2, 0.25) is 0 Å². The molecule has 3 rings (SSSR count). The third-order valence-corrected chi connectivity index (χ3v) is 3.87. The van der Waals surface area contributed by atoms with E-state index in [9.17, 15) is 37.7 Å². The zero-order chi connectivity index (χ0) is 22.1. The van der Waals surface area contributed by atoms with Gasteiger partial charge in [0, 0.05) is 11.6 Å². The van der Waals surface area contributed by atoms with Gasteiger partial charge in [0.25, 0.3) is 11.8 Å². The topological polar surface area (TPSA) is 128 Å². The van der Waals surface area contributed by atoms with E-state index in [1.807, 2.05) is 10.6 Å². The summed E-state index contributed by atoms with van der Waals surface area (Å²) in [5.74, 6) is -2.50. The van der Waals surface area contributed by atoms with Crippen molar-refractivity contribution in [1.29, 1.82) is 0 Å². The molecule has 2 aromatic carbocycles. The lowest BCUT2D eigenvalue weighted by molar-refractivity contribution is -0.385. The van der Waals surface area contributed by atoms with Gasteiger partial charge in [-0.2, -0.15) is 13.2 Å². The van der Waals surface area contributed by atoms with Crippen molar-refractivity contribution in [3.8, 4) is 11.5 Å². The van der Waals surface area contributed by atoms with Crippen LogP contribution in [-0.4, -0.2) is 22.8 Å². The van der Waals surface area contributed by atoms with Crippen molar-refractivity contribution in [3.63, 3.8) is 0 Å². The maximum Gasteiger partial charge on any atom is 0.416 e. The van der Waals surface area contributed by atoms with E-state index in [4.69, 9.17) is 4.74 Å². The number of ether oxygens (including phenoxy) is 1. The fraction of sp³-hybridized carbons (Fsp3) is 0.0556. The Morgan fingerprint density at radius 2 is 1.60 bits per heavy atom. The van der Waals surface area contributed by atoms with Crippen molar-refractivity contribution >= 4 is 29.6 Å². The minimum atomic E-state index is -4.79. The Labute approximate surface area is 165 Å². The third-order valence-electron chi connectivity index (χ3n) is 3.87. The first-order valence-electron chi connectivity index (χ1n) is 8.07. The summed E-state index contributed by atoms with van der Waals surface area (Å²) in [5.41, 5.74) is -2.47. The van der Waals surface area contributed by atoms with Gasteiger partial charge < -0.3 is 4.74 Å². The van der Waals surface area contributed by atoms with Crippen LogP contribution in [0.3, 0.4) is 0 Å². The summed E-state index contributed by atoms with van der Waals surface area (Å²) < 4.78 is 44.0. The lowest BCUT2D eigenvalue weighted by Crippen LogP contribution is -2.51. The van der Waals surface area contributed by atoms with Gasteiger partial charge in [-0.3, -0.25) is 30.3 Å². The molecule has 0 unspecified atom stereocenters. The van der Waals surface area contributed by atoms with Gasteiger partial charge in [-0.15, -0.1) is 0 Å². The summed E-state index contributed by atoms with van der Waals surface area (Å²) in [4.78, 5) is 45.1. The molecule has 154 valence electrons. The number of amides is 4. The Kier molecular flexibility index (Phi) is 5.24. The molecule has 0 atom stereocenters. The monoisotopic (exact) mass is 421 g/mol. The van der Waals surface area contributed by atoms with Gasteiger partial charge in [0.05, 0.1) is 10.5 Å². The minimum absolute atomic E-state index is 0.0784. The molecule has 0 radical (unpaired) electrons. The van der Waals surface area contributed by atoms with E-state index in [0.717, 1.165) is 12.1 Å². The molecule has 30 heavy (non-hydrogen) atoms. The first-order valence-corrected chi connectivity index (χ1v) is 8.07. The van der Waals surface area contributed by atoms with Crippen molar-refractivity contribution in [1.82, 2.24) is 10.6 Å². The zero-order valence-electron chi connectivity index (χ0n) is 14.6. The molecule has 1 aliphatic rings. The number of benzene rings is 2. The molecule has 2 aromatic rings. The number of rotatable bonds is 4. The van der Waals surface area contributed by atoms with Crippen LogP contribution < -0.4 is 15.4 Å². The number of alkyl halides is 3. The molecule has 1 fully saturated rings. The van der Waals surface area contributed by atoms with Crippen molar-refractivity contribution in [3.05, 3.63) is 69.3 Å².